The van der Waals surface area contributed by atoms with E-state index in [1.807, 2.05) is 13.8 Å². The molecule has 1 unspecified atom stereocenters. The number of hydrogen-bond donors (Lipinski definition) is 3. The van der Waals surface area contributed by atoms with Crippen LogP contribution in [0.1, 0.15) is 20.3 Å². The fraction of sp³-hybridized carbons (Fsp3) is 0.500. The van der Waals surface area contributed by atoms with Crippen LogP contribution in [0.5, 0.6) is 0 Å². The third kappa shape index (κ3) is 4.86. The van der Waals surface area contributed by atoms with Crippen LogP contribution in [0.2, 0.25) is 0 Å². The Labute approximate surface area is 117 Å². The summed E-state index contributed by atoms with van der Waals surface area (Å²) in [5.41, 5.74) is -0.442. The van der Waals surface area contributed by atoms with Gasteiger partial charge in [0.15, 0.2) is 0 Å². The molecule has 1 amide bonds. The minimum absolute atomic E-state index is 0.0133. The van der Waals surface area contributed by atoms with E-state index < -0.39 is 23.2 Å². The first-order chi connectivity index (χ1) is 9.45. The number of nitrogens with one attached hydrogen (secondary N) is 2. The zero-order chi connectivity index (χ0) is 15.1. The van der Waals surface area contributed by atoms with E-state index >= 15 is 0 Å². The monoisotopic (exact) mass is 286 g/mol. The first-order valence-corrected chi connectivity index (χ1v) is 6.53. The summed E-state index contributed by atoms with van der Waals surface area (Å²) in [7, 11) is 0. The fourth-order valence-corrected chi connectivity index (χ4v) is 1.83. The van der Waals surface area contributed by atoms with E-state index in [1.54, 1.807) is 0 Å². The first kappa shape index (κ1) is 16.5. The summed E-state index contributed by atoms with van der Waals surface area (Å²) in [6, 6.07) is 3.36. The highest BCUT2D eigenvalue weighted by Crippen LogP contribution is 2.17. The van der Waals surface area contributed by atoms with Crippen molar-refractivity contribution < 1.29 is 18.7 Å². The van der Waals surface area contributed by atoms with Gasteiger partial charge in [-0.1, -0.05) is 19.9 Å². The third-order valence-corrected chi connectivity index (χ3v) is 3.00. The number of anilines is 1. The largest absolute Gasteiger partial charge is 0.396 e. The molecule has 6 heteroatoms. The van der Waals surface area contributed by atoms with E-state index in [0.717, 1.165) is 12.1 Å². The van der Waals surface area contributed by atoms with Gasteiger partial charge in [-0.3, -0.25) is 4.79 Å². The Bertz CT molecular complexity index is 433. The van der Waals surface area contributed by atoms with Crippen molar-refractivity contribution in [1.82, 2.24) is 5.32 Å². The van der Waals surface area contributed by atoms with E-state index in [2.05, 4.69) is 10.6 Å². The van der Waals surface area contributed by atoms with Gasteiger partial charge in [0.2, 0.25) is 5.91 Å². The standard InChI is InChI=1S/C14H20F2N2O2/c1-9(2)12(6-7-19)17-8-13(20)18-14-10(15)4-3-5-11(14)16/h3-5,9,12,17,19H,6-8H2,1-2H3,(H,18,20). The van der Waals surface area contributed by atoms with Gasteiger partial charge < -0.3 is 15.7 Å². The van der Waals surface area contributed by atoms with Gasteiger partial charge in [-0.2, -0.15) is 0 Å². The van der Waals surface area contributed by atoms with E-state index in [-0.39, 0.29) is 25.1 Å². The number of hydrogen-bond acceptors (Lipinski definition) is 3. The van der Waals surface area contributed by atoms with Gasteiger partial charge in [0, 0.05) is 12.6 Å². The maximum atomic E-state index is 13.4. The van der Waals surface area contributed by atoms with Crippen LogP contribution >= 0.6 is 0 Å². The highest BCUT2D eigenvalue weighted by Gasteiger charge is 2.15. The Morgan fingerprint density at radius 1 is 1.30 bits per heavy atom. The molecule has 0 saturated carbocycles. The Morgan fingerprint density at radius 3 is 2.40 bits per heavy atom. The van der Waals surface area contributed by atoms with Gasteiger partial charge in [0.1, 0.15) is 17.3 Å². The van der Waals surface area contributed by atoms with Crippen LogP contribution in [0.15, 0.2) is 18.2 Å². The van der Waals surface area contributed by atoms with Gasteiger partial charge in [0.05, 0.1) is 6.54 Å². The van der Waals surface area contributed by atoms with E-state index in [0.29, 0.717) is 6.42 Å². The molecule has 0 saturated heterocycles. The highest BCUT2D eigenvalue weighted by atomic mass is 19.1. The van der Waals surface area contributed by atoms with E-state index in [4.69, 9.17) is 5.11 Å². The lowest BCUT2D eigenvalue weighted by Gasteiger charge is -2.21. The van der Waals surface area contributed by atoms with Crippen molar-refractivity contribution in [2.24, 2.45) is 5.92 Å². The number of para-hydroxylation sites is 1. The molecule has 0 aliphatic rings. The smallest absolute Gasteiger partial charge is 0.238 e. The molecule has 0 bridgehead atoms. The molecule has 0 spiro atoms. The summed E-state index contributed by atoms with van der Waals surface area (Å²) >= 11 is 0. The minimum Gasteiger partial charge on any atom is -0.396 e. The number of halogens is 2. The Balaban J connectivity index is 2.55. The molecular weight excluding hydrogens is 266 g/mol. The highest BCUT2D eigenvalue weighted by molar-refractivity contribution is 5.92. The Kier molecular flexibility index (Phi) is 6.54. The first-order valence-electron chi connectivity index (χ1n) is 6.53. The molecular formula is C14H20F2N2O2. The van der Waals surface area contributed by atoms with Crippen molar-refractivity contribution in [3.8, 4) is 0 Å². The fourth-order valence-electron chi connectivity index (χ4n) is 1.83. The Hall–Kier alpha value is -1.53. The van der Waals surface area contributed by atoms with Crippen LogP contribution in [0.4, 0.5) is 14.5 Å². The van der Waals surface area contributed by atoms with Gasteiger partial charge in [-0.15, -0.1) is 0 Å². The second kappa shape index (κ2) is 7.91. The predicted octanol–water partition coefficient (Wildman–Crippen LogP) is 1.90. The lowest BCUT2D eigenvalue weighted by Crippen LogP contribution is -2.40. The number of aliphatic hydroxyl groups excluding tert-OH is 1. The molecule has 1 aromatic rings. The molecule has 1 aromatic carbocycles. The van der Waals surface area contributed by atoms with Gasteiger partial charge in [-0.25, -0.2) is 8.78 Å². The lowest BCUT2D eigenvalue weighted by molar-refractivity contribution is -0.115. The molecule has 4 nitrogen and oxygen atoms in total. The third-order valence-electron chi connectivity index (χ3n) is 3.00. The van der Waals surface area contributed by atoms with E-state index in [1.165, 1.54) is 6.07 Å². The zero-order valence-electron chi connectivity index (χ0n) is 11.6. The van der Waals surface area contributed by atoms with Crippen LogP contribution in [-0.2, 0) is 4.79 Å². The second-order valence-electron chi connectivity index (χ2n) is 4.89. The Morgan fingerprint density at radius 2 is 1.90 bits per heavy atom. The molecule has 3 N–H and O–H groups in total. The number of carbonyl (C=O) groups excluding carboxylic acids is 1. The molecule has 0 radical (unpaired) electrons. The number of rotatable bonds is 7. The van der Waals surface area contributed by atoms with Crippen molar-refractivity contribution >= 4 is 11.6 Å². The summed E-state index contributed by atoms with van der Waals surface area (Å²) < 4.78 is 26.7. The number of aliphatic hydroxyl groups is 1. The SMILES string of the molecule is CC(C)C(CCO)NCC(=O)Nc1c(F)cccc1F. The second-order valence-corrected chi connectivity index (χ2v) is 4.89. The minimum atomic E-state index is -0.811. The number of benzene rings is 1. The molecule has 0 fully saturated rings. The van der Waals surface area contributed by atoms with Crippen LogP contribution in [-0.4, -0.2) is 30.2 Å². The molecule has 0 aliphatic carbocycles. The normalized spacial score (nSPS) is 12.5. The van der Waals surface area contributed by atoms with Crippen LogP contribution in [0.3, 0.4) is 0 Å². The molecule has 1 atom stereocenters. The summed E-state index contributed by atoms with van der Waals surface area (Å²) in [5.74, 6) is -1.92. The zero-order valence-corrected chi connectivity index (χ0v) is 11.6. The maximum Gasteiger partial charge on any atom is 0.238 e. The van der Waals surface area contributed by atoms with Crippen molar-refractivity contribution in [3.05, 3.63) is 29.8 Å². The number of carbonyl (C=O) groups is 1. The summed E-state index contributed by atoms with van der Waals surface area (Å²) in [6.07, 6.45) is 0.513. The molecule has 112 valence electrons. The summed E-state index contributed by atoms with van der Waals surface area (Å²) in [4.78, 5) is 11.7. The molecule has 0 aromatic heterocycles. The molecule has 0 heterocycles. The van der Waals surface area contributed by atoms with Crippen LogP contribution in [0, 0.1) is 17.6 Å². The average molecular weight is 286 g/mol. The van der Waals surface area contributed by atoms with Crippen molar-refractivity contribution in [3.63, 3.8) is 0 Å². The van der Waals surface area contributed by atoms with Gasteiger partial charge in [-0.05, 0) is 24.5 Å². The van der Waals surface area contributed by atoms with Crippen molar-refractivity contribution in [2.75, 3.05) is 18.5 Å². The van der Waals surface area contributed by atoms with Gasteiger partial charge in [0.25, 0.3) is 0 Å². The summed E-state index contributed by atoms with van der Waals surface area (Å²) in [6.45, 7) is 3.86. The molecule has 0 aliphatic heterocycles. The van der Waals surface area contributed by atoms with Crippen molar-refractivity contribution in [2.45, 2.75) is 26.3 Å². The van der Waals surface area contributed by atoms with Crippen LogP contribution < -0.4 is 10.6 Å². The van der Waals surface area contributed by atoms with Crippen LogP contribution in [0.25, 0.3) is 0 Å². The van der Waals surface area contributed by atoms with Crippen molar-refractivity contribution in [1.29, 1.82) is 0 Å². The topological polar surface area (TPSA) is 61.4 Å². The van der Waals surface area contributed by atoms with Gasteiger partial charge >= 0.3 is 0 Å². The average Bonchev–Trinajstić information content (AvgIpc) is 2.38. The molecule has 20 heavy (non-hydrogen) atoms. The number of amides is 1. The van der Waals surface area contributed by atoms with E-state index in [9.17, 15) is 13.6 Å². The predicted molar refractivity (Wildman–Crippen MR) is 73.3 cm³/mol. The quantitative estimate of drug-likeness (QED) is 0.717. The molecule has 1 rings (SSSR count). The maximum absolute atomic E-state index is 13.4. The lowest BCUT2D eigenvalue weighted by atomic mass is 10.0. The summed E-state index contributed by atoms with van der Waals surface area (Å²) in [5, 5.41) is 14.1.